The minimum atomic E-state index is -0.873. The average Bonchev–Trinajstić information content (AvgIpc) is 3.18. The lowest BCUT2D eigenvalue weighted by Crippen LogP contribution is -2.30. The molecule has 1 aromatic heterocycles. The van der Waals surface area contributed by atoms with Gasteiger partial charge in [0.15, 0.2) is 5.69 Å². The first-order valence-corrected chi connectivity index (χ1v) is 7.74. The number of hydrogen-bond donors (Lipinski definition) is 1. The Morgan fingerprint density at radius 3 is 2.65 bits per heavy atom. The quantitative estimate of drug-likeness (QED) is 0.920. The molecule has 1 saturated heterocycles. The van der Waals surface area contributed by atoms with Crippen LogP contribution in [0.3, 0.4) is 0 Å². The summed E-state index contributed by atoms with van der Waals surface area (Å²) in [5.74, 6) is -1.65. The molecule has 0 spiro atoms. The lowest BCUT2D eigenvalue weighted by molar-refractivity contribution is -0.141. The van der Waals surface area contributed by atoms with Gasteiger partial charge in [0.1, 0.15) is 0 Å². The molecular formula is C15H13Cl2N3O3. The van der Waals surface area contributed by atoms with Crippen molar-refractivity contribution >= 4 is 35.1 Å². The van der Waals surface area contributed by atoms with E-state index in [-0.39, 0.29) is 18.1 Å². The number of carbonyl (C=O) groups excluding carboxylic acids is 1. The van der Waals surface area contributed by atoms with Gasteiger partial charge in [-0.05, 0) is 30.7 Å². The second-order valence-electron chi connectivity index (χ2n) is 5.32. The van der Waals surface area contributed by atoms with Crippen LogP contribution in [0, 0.1) is 5.92 Å². The third-order valence-corrected chi connectivity index (χ3v) is 4.54. The van der Waals surface area contributed by atoms with Gasteiger partial charge in [0, 0.05) is 19.3 Å². The number of halogens is 2. The van der Waals surface area contributed by atoms with E-state index in [1.54, 1.807) is 30.5 Å². The number of nitrogens with zero attached hydrogens (tertiary/aromatic N) is 3. The van der Waals surface area contributed by atoms with Gasteiger partial charge in [-0.1, -0.05) is 23.2 Å². The molecule has 0 aliphatic carbocycles. The van der Waals surface area contributed by atoms with Crippen LogP contribution in [-0.4, -0.2) is 44.8 Å². The highest BCUT2D eigenvalue weighted by Gasteiger charge is 2.32. The molecule has 1 aliphatic heterocycles. The van der Waals surface area contributed by atoms with E-state index in [9.17, 15) is 9.59 Å². The van der Waals surface area contributed by atoms with Crippen molar-refractivity contribution in [3.8, 4) is 5.69 Å². The Kier molecular flexibility index (Phi) is 4.28. The van der Waals surface area contributed by atoms with Crippen LogP contribution in [-0.2, 0) is 4.79 Å². The molecule has 1 aromatic carbocycles. The lowest BCUT2D eigenvalue weighted by atomic mass is 10.1. The molecule has 0 saturated carbocycles. The Hall–Kier alpha value is -2.05. The molecule has 8 heteroatoms. The minimum absolute atomic E-state index is 0.216. The maximum atomic E-state index is 12.4. The molecule has 1 aliphatic rings. The normalized spacial score (nSPS) is 17.5. The first kappa shape index (κ1) is 15.8. The standard InChI is InChI=1S/C15H13Cl2N3O3/c16-11-2-1-10(7-12(11)17)20-6-4-13(18-20)14(21)19-5-3-9(8-19)15(22)23/h1-2,4,6-7,9H,3,5,8H2,(H,22,23)/t9-/m1/s1. The zero-order valence-corrected chi connectivity index (χ0v) is 13.5. The van der Waals surface area contributed by atoms with Crippen LogP contribution in [0.2, 0.25) is 10.0 Å². The van der Waals surface area contributed by atoms with Crippen molar-refractivity contribution in [2.45, 2.75) is 6.42 Å². The van der Waals surface area contributed by atoms with E-state index in [0.717, 1.165) is 0 Å². The van der Waals surface area contributed by atoms with Crippen LogP contribution in [0.15, 0.2) is 30.5 Å². The van der Waals surface area contributed by atoms with Gasteiger partial charge < -0.3 is 10.0 Å². The molecule has 0 unspecified atom stereocenters. The molecule has 2 aromatic rings. The Morgan fingerprint density at radius 2 is 2.00 bits per heavy atom. The Morgan fingerprint density at radius 1 is 1.22 bits per heavy atom. The number of likely N-dealkylation sites (tertiary alicyclic amines) is 1. The van der Waals surface area contributed by atoms with E-state index < -0.39 is 11.9 Å². The van der Waals surface area contributed by atoms with Gasteiger partial charge in [-0.2, -0.15) is 5.10 Å². The van der Waals surface area contributed by atoms with Crippen LogP contribution in [0.25, 0.3) is 5.69 Å². The number of benzene rings is 1. The fraction of sp³-hybridized carbons (Fsp3) is 0.267. The second kappa shape index (κ2) is 6.22. The van der Waals surface area contributed by atoms with E-state index >= 15 is 0 Å². The van der Waals surface area contributed by atoms with Gasteiger partial charge in [-0.15, -0.1) is 0 Å². The van der Waals surface area contributed by atoms with Crippen LogP contribution in [0.1, 0.15) is 16.9 Å². The second-order valence-corrected chi connectivity index (χ2v) is 6.13. The number of hydrogen-bond acceptors (Lipinski definition) is 3. The van der Waals surface area contributed by atoms with Crippen LogP contribution < -0.4 is 0 Å². The van der Waals surface area contributed by atoms with Crippen molar-refractivity contribution in [2.75, 3.05) is 13.1 Å². The summed E-state index contributed by atoms with van der Waals surface area (Å²) in [4.78, 5) is 24.9. The molecule has 1 N–H and O–H groups in total. The molecule has 2 heterocycles. The van der Waals surface area contributed by atoms with Crippen LogP contribution in [0.4, 0.5) is 0 Å². The van der Waals surface area contributed by atoms with Gasteiger partial charge in [-0.3, -0.25) is 9.59 Å². The molecule has 0 bridgehead atoms. The SMILES string of the molecule is O=C(O)[C@@H]1CCN(C(=O)c2ccn(-c3ccc(Cl)c(Cl)c3)n2)C1. The smallest absolute Gasteiger partial charge is 0.308 e. The van der Waals surface area contributed by atoms with Gasteiger partial charge in [0.25, 0.3) is 5.91 Å². The number of aliphatic carboxylic acids is 1. The Bertz CT molecular complexity index is 775. The predicted octanol–water partition coefficient (Wildman–Crippen LogP) is 2.73. The van der Waals surface area contributed by atoms with Gasteiger partial charge in [0.2, 0.25) is 0 Å². The number of carboxylic acid groups (broad SMARTS) is 1. The van der Waals surface area contributed by atoms with Crippen molar-refractivity contribution in [2.24, 2.45) is 5.92 Å². The van der Waals surface area contributed by atoms with E-state index in [2.05, 4.69) is 5.10 Å². The van der Waals surface area contributed by atoms with E-state index in [0.29, 0.717) is 28.7 Å². The highest BCUT2D eigenvalue weighted by Crippen LogP contribution is 2.24. The molecule has 1 amide bonds. The molecule has 120 valence electrons. The fourth-order valence-electron chi connectivity index (χ4n) is 2.52. The maximum Gasteiger partial charge on any atom is 0.308 e. The third-order valence-electron chi connectivity index (χ3n) is 3.80. The lowest BCUT2D eigenvalue weighted by Gasteiger charge is -2.13. The zero-order valence-electron chi connectivity index (χ0n) is 11.9. The number of amides is 1. The molecule has 1 atom stereocenters. The van der Waals surface area contributed by atoms with Gasteiger partial charge >= 0.3 is 5.97 Å². The summed E-state index contributed by atoms with van der Waals surface area (Å²) >= 11 is 11.9. The zero-order chi connectivity index (χ0) is 16.6. The van der Waals surface area contributed by atoms with Gasteiger partial charge in [-0.25, -0.2) is 4.68 Å². The highest BCUT2D eigenvalue weighted by molar-refractivity contribution is 6.42. The summed E-state index contributed by atoms with van der Waals surface area (Å²) in [6, 6.07) is 6.65. The van der Waals surface area contributed by atoms with E-state index in [4.69, 9.17) is 28.3 Å². The molecule has 23 heavy (non-hydrogen) atoms. The molecule has 0 radical (unpaired) electrons. The monoisotopic (exact) mass is 353 g/mol. The topological polar surface area (TPSA) is 75.4 Å². The summed E-state index contributed by atoms with van der Waals surface area (Å²) in [7, 11) is 0. The number of aromatic nitrogens is 2. The van der Waals surface area contributed by atoms with Crippen molar-refractivity contribution in [3.63, 3.8) is 0 Å². The predicted molar refractivity (Wildman–Crippen MR) is 85.2 cm³/mol. The summed E-state index contributed by atoms with van der Waals surface area (Å²) in [6.45, 7) is 0.642. The van der Waals surface area contributed by atoms with Crippen LogP contribution >= 0.6 is 23.2 Å². The van der Waals surface area contributed by atoms with Crippen molar-refractivity contribution < 1.29 is 14.7 Å². The Labute approximate surface area is 142 Å². The largest absolute Gasteiger partial charge is 0.481 e. The Balaban J connectivity index is 1.78. The van der Waals surface area contributed by atoms with Crippen molar-refractivity contribution in [3.05, 3.63) is 46.2 Å². The number of carboxylic acids is 1. The average molecular weight is 354 g/mol. The van der Waals surface area contributed by atoms with E-state index in [1.807, 2.05) is 0 Å². The molecule has 3 rings (SSSR count). The summed E-state index contributed by atoms with van der Waals surface area (Å²) in [6.07, 6.45) is 2.12. The molecule has 1 fully saturated rings. The van der Waals surface area contributed by atoms with Crippen molar-refractivity contribution in [1.82, 2.24) is 14.7 Å². The van der Waals surface area contributed by atoms with Crippen molar-refractivity contribution in [1.29, 1.82) is 0 Å². The number of carbonyl (C=O) groups is 2. The third kappa shape index (κ3) is 3.18. The highest BCUT2D eigenvalue weighted by atomic mass is 35.5. The first-order valence-electron chi connectivity index (χ1n) is 6.99. The summed E-state index contributed by atoms with van der Waals surface area (Å²) < 4.78 is 1.53. The van der Waals surface area contributed by atoms with Crippen LogP contribution in [0.5, 0.6) is 0 Å². The summed E-state index contributed by atoms with van der Waals surface area (Å²) in [5, 5.41) is 14.1. The summed E-state index contributed by atoms with van der Waals surface area (Å²) in [5.41, 5.74) is 0.949. The number of rotatable bonds is 3. The fourth-order valence-corrected chi connectivity index (χ4v) is 2.81. The van der Waals surface area contributed by atoms with E-state index in [1.165, 1.54) is 9.58 Å². The molecule has 6 nitrogen and oxygen atoms in total. The minimum Gasteiger partial charge on any atom is -0.481 e. The van der Waals surface area contributed by atoms with Gasteiger partial charge in [0.05, 0.1) is 21.7 Å². The maximum absolute atomic E-state index is 12.4. The molecular weight excluding hydrogens is 341 g/mol. The first-order chi connectivity index (χ1) is 11.0.